The summed E-state index contributed by atoms with van der Waals surface area (Å²) in [6.45, 7) is 0. The van der Waals surface area contributed by atoms with E-state index in [4.69, 9.17) is 0 Å². The van der Waals surface area contributed by atoms with Gasteiger partial charge in [0.15, 0.2) is 0 Å². The van der Waals surface area contributed by atoms with E-state index >= 15 is 0 Å². The number of anilines is 3. The highest BCUT2D eigenvalue weighted by atomic mass is 32.1. The van der Waals surface area contributed by atoms with Gasteiger partial charge in [0, 0.05) is 42.6 Å². The van der Waals surface area contributed by atoms with Gasteiger partial charge in [-0.3, -0.25) is 0 Å². The number of hydrogen-bond acceptors (Lipinski definition) is 2. The molecule has 0 aliphatic carbocycles. The van der Waals surface area contributed by atoms with Gasteiger partial charge in [0.2, 0.25) is 0 Å². The fraction of sp³-hybridized carbons (Fsp3) is 0. The fourth-order valence-electron chi connectivity index (χ4n) is 8.99. The van der Waals surface area contributed by atoms with E-state index in [9.17, 15) is 0 Å². The highest BCUT2D eigenvalue weighted by Crippen LogP contribution is 2.51. The van der Waals surface area contributed by atoms with E-state index in [1.54, 1.807) is 0 Å². The van der Waals surface area contributed by atoms with E-state index in [1.807, 2.05) is 11.3 Å². The van der Waals surface area contributed by atoms with Crippen molar-refractivity contribution in [1.29, 1.82) is 0 Å². The molecular formula is C60H41NS. The molecule has 0 saturated heterocycles. The maximum atomic E-state index is 2.49. The lowest BCUT2D eigenvalue weighted by Crippen LogP contribution is -2.13. The smallest absolute Gasteiger partial charge is 0.0546 e. The number of fused-ring (bicyclic) bond motifs is 3. The first kappa shape index (κ1) is 37.2. The van der Waals surface area contributed by atoms with Crippen molar-refractivity contribution in [2.75, 3.05) is 4.90 Å². The molecule has 1 aromatic heterocycles. The monoisotopic (exact) mass is 807 g/mol. The molecule has 1 nitrogen and oxygen atoms in total. The second-order valence-electron chi connectivity index (χ2n) is 15.6. The average molecular weight is 808 g/mol. The molecule has 2 heteroatoms. The Morgan fingerprint density at radius 2 is 0.694 bits per heavy atom. The molecular weight excluding hydrogens is 767 g/mol. The largest absolute Gasteiger partial charge is 0.309 e. The van der Waals surface area contributed by atoms with Crippen molar-refractivity contribution >= 4 is 48.6 Å². The standard InChI is InChI=1S/C60H41NS/c1-4-18-42(19-5-1)43-34-36-44(37-35-43)45-38-40-48(41-39-45)61(56-31-14-12-25-51(56)54-29-16-30-55-52-26-13-15-33-58(52)62-60(54)55)57-32-17-28-50(47-22-8-3-9-23-47)59(57)53-27-11-10-24-49(53)46-20-6-2-7-21-46/h1-41H. The van der Waals surface area contributed by atoms with Gasteiger partial charge in [-0.15, -0.1) is 11.3 Å². The van der Waals surface area contributed by atoms with Crippen LogP contribution in [0.5, 0.6) is 0 Å². The third-order valence-electron chi connectivity index (χ3n) is 11.9. The Morgan fingerprint density at radius 1 is 0.258 bits per heavy atom. The zero-order chi connectivity index (χ0) is 41.2. The Labute approximate surface area is 367 Å². The van der Waals surface area contributed by atoms with Gasteiger partial charge < -0.3 is 4.90 Å². The van der Waals surface area contributed by atoms with Crippen LogP contribution < -0.4 is 4.90 Å². The molecule has 0 bridgehead atoms. The molecule has 0 radical (unpaired) electrons. The highest BCUT2D eigenvalue weighted by Gasteiger charge is 2.25. The summed E-state index contributed by atoms with van der Waals surface area (Å²) >= 11 is 1.88. The van der Waals surface area contributed by atoms with Gasteiger partial charge >= 0.3 is 0 Å². The van der Waals surface area contributed by atoms with Crippen LogP contribution in [0, 0.1) is 0 Å². The van der Waals surface area contributed by atoms with Gasteiger partial charge in [0.05, 0.1) is 11.4 Å². The third kappa shape index (κ3) is 6.87. The van der Waals surface area contributed by atoms with Gasteiger partial charge in [0.1, 0.15) is 0 Å². The summed E-state index contributed by atoms with van der Waals surface area (Å²) in [6.07, 6.45) is 0. The fourth-order valence-corrected chi connectivity index (χ4v) is 10.2. The van der Waals surface area contributed by atoms with E-state index in [0.29, 0.717) is 0 Å². The minimum absolute atomic E-state index is 1.08. The minimum atomic E-state index is 1.08. The van der Waals surface area contributed by atoms with Crippen molar-refractivity contribution in [2.45, 2.75) is 0 Å². The Bertz CT molecular complexity index is 3310. The van der Waals surface area contributed by atoms with Crippen LogP contribution in [0.25, 0.3) is 86.9 Å². The SMILES string of the molecule is c1ccc(-c2ccc(-c3ccc(N(c4ccccc4-c4cccc5c4sc4ccccc45)c4cccc(-c5ccccc5)c4-c4ccccc4-c4ccccc4)cc3)cc2)cc1. The molecule has 0 amide bonds. The van der Waals surface area contributed by atoms with Crippen molar-refractivity contribution < 1.29 is 0 Å². The number of nitrogens with zero attached hydrogens (tertiary/aromatic N) is 1. The summed E-state index contributed by atoms with van der Waals surface area (Å²) < 4.78 is 2.59. The zero-order valence-electron chi connectivity index (χ0n) is 34.0. The zero-order valence-corrected chi connectivity index (χ0v) is 34.8. The molecule has 0 saturated carbocycles. The second-order valence-corrected chi connectivity index (χ2v) is 16.7. The number of benzene rings is 10. The Kier molecular flexibility index (Phi) is 9.82. The topological polar surface area (TPSA) is 3.24 Å². The molecule has 1 heterocycles. The molecule has 0 unspecified atom stereocenters. The number of rotatable bonds is 9. The number of para-hydroxylation sites is 1. The predicted molar refractivity (Wildman–Crippen MR) is 267 cm³/mol. The van der Waals surface area contributed by atoms with Crippen LogP contribution in [0.3, 0.4) is 0 Å². The van der Waals surface area contributed by atoms with Gasteiger partial charge in [-0.25, -0.2) is 0 Å². The third-order valence-corrected chi connectivity index (χ3v) is 13.2. The predicted octanol–water partition coefficient (Wildman–Crippen LogP) is 17.5. The van der Waals surface area contributed by atoms with Gasteiger partial charge in [-0.2, -0.15) is 0 Å². The second kappa shape index (κ2) is 16.3. The van der Waals surface area contributed by atoms with Crippen LogP contribution >= 0.6 is 11.3 Å². The molecule has 62 heavy (non-hydrogen) atoms. The summed E-state index contributed by atoms with van der Waals surface area (Å²) in [5.41, 5.74) is 17.6. The average Bonchev–Trinajstić information content (AvgIpc) is 3.75. The lowest BCUT2D eigenvalue weighted by Gasteiger charge is -2.31. The Balaban J connectivity index is 1.15. The van der Waals surface area contributed by atoms with E-state index < -0.39 is 0 Å². The van der Waals surface area contributed by atoms with Crippen LogP contribution in [-0.2, 0) is 0 Å². The van der Waals surface area contributed by atoms with Crippen molar-refractivity contribution in [3.8, 4) is 66.8 Å². The summed E-state index contributed by atoms with van der Waals surface area (Å²) in [6, 6.07) is 90.4. The van der Waals surface area contributed by atoms with Gasteiger partial charge in [-0.1, -0.05) is 218 Å². The molecule has 0 N–H and O–H groups in total. The van der Waals surface area contributed by atoms with Crippen LogP contribution in [0.1, 0.15) is 0 Å². The van der Waals surface area contributed by atoms with Crippen molar-refractivity contribution in [1.82, 2.24) is 0 Å². The van der Waals surface area contributed by atoms with E-state index in [-0.39, 0.29) is 0 Å². The molecule has 10 aromatic carbocycles. The summed E-state index contributed by atoms with van der Waals surface area (Å²) in [5, 5.41) is 2.59. The molecule has 0 fully saturated rings. The van der Waals surface area contributed by atoms with E-state index in [2.05, 4.69) is 254 Å². The lowest BCUT2D eigenvalue weighted by molar-refractivity contribution is 1.28. The van der Waals surface area contributed by atoms with Crippen LogP contribution in [0.15, 0.2) is 249 Å². The van der Waals surface area contributed by atoms with Crippen molar-refractivity contribution in [3.63, 3.8) is 0 Å². The van der Waals surface area contributed by atoms with E-state index in [0.717, 1.165) is 17.1 Å². The molecule has 11 rings (SSSR count). The van der Waals surface area contributed by atoms with Crippen molar-refractivity contribution in [2.24, 2.45) is 0 Å². The molecule has 0 spiro atoms. The molecule has 0 aliphatic heterocycles. The molecule has 292 valence electrons. The summed E-state index contributed by atoms with van der Waals surface area (Å²) in [5.74, 6) is 0. The lowest BCUT2D eigenvalue weighted by atomic mass is 9.87. The van der Waals surface area contributed by atoms with Crippen LogP contribution in [0.4, 0.5) is 17.1 Å². The number of hydrogen-bond donors (Lipinski definition) is 0. The minimum Gasteiger partial charge on any atom is -0.309 e. The summed E-state index contributed by atoms with van der Waals surface area (Å²) in [4.78, 5) is 2.49. The molecule has 0 aliphatic rings. The molecule has 0 atom stereocenters. The Morgan fingerprint density at radius 3 is 1.37 bits per heavy atom. The Hall–Kier alpha value is -7.78. The quantitative estimate of drug-likeness (QED) is 0.140. The molecule has 11 aromatic rings. The van der Waals surface area contributed by atoms with Gasteiger partial charge in [-0.05, 0) is 80.4 Å². The first-order valence-electron chi connectivity index (χ1n) is 21.2. The first-order valence-corrected chi connectivity index (χ1v) is 22.0. The van der Waals surface area contributed by atoms with E-state index in [1.165, 1.54) is 86.9 Å². The first-order chi connectivity index (χ1) is 30.8. The maximum Gasteiger partial charge on any atom is 0.0546 e. The summed E-state index contributed by atoms with van der Waals surface area (Å²) in [7, 11) is 0. The van der Waals surface area contributed by atoms with Gasteiger partial charge in [0.25, 0.3) is 0 Å². The highest BCUT2D eigenvalue weighted by molar-refractivity contribution is 7.26. The van der Waals surface area contributed by atoms with Crippen LogP contribution in [-0.4, -0.2) is 0 Å². The van der Waals surface area contributed by atoms with Crippen LogP contribution in [0.2, 0.25) is 0 Å². The van der Waals surface area contributed by atoms with Crippen molar-refractivity contribution in [3.05, 3.63) is 249 Å². The normalized spacial score (nSPS) is 11.2. The maximum absolute atomic E-state index is 2.49. The number of thiophene rings is 1.